The van der Waals surface area contributed by atoms with E-state index in [1.165, 1.54) is 87.3 Å². The highest BCUT2D eigenvalue weighted by atomic mass is 32.2. The molecule has 1 aromatic rings. The molecule has 0 unspecified atom stereocenters. The standard InChI is InChI=1S/C97H150N24O24S/c1-21-52(13)76(95(143)114-68-48-146-43-40-100-92(140)74(50(9)10)115-86(134)65(44-49(7)8)112-89(68)137)117-84(132)60(24-4)106-88(136)67(47-122)105-73(125)46-101-82(130)63(36-38-71(98)123)111-94(142)77(53(14)22-2)118-93(141)75(51(11)12)116-87(135)66(45-58-32-28-27-29-33-58)113-85(133)64(37-39-72(99)124)110-80(128)55(16)102-78(126)54(15)103-83(131)59(23-3)107-91(139)70-35-31-42-121(70)96(144)61(25-5)108-79(127)56(17)104-90(138)69-34-30-41-120(69)97(145)62(26-6)109-81(129)57(18)119(19)20/h23-29,32-33,40,43,49-57,63-70,74-77,122H,21-22,30-31,34-39,41-42,44-48H2,1-20H3,(H2,98,123)(H2,99,124)(H,100,140)(H,101,130)(H,102,126)(H,103,131)(H,104,138)(H,105,125)(H,106,136)(H,107,139)(H,108,127)(H,109,129)(H,110,128)(H,111,142)(H,112,137)(H,113,133)(H,114,143)(H,115,134)(H,116,135)(H,117,132)(H,118,141)/b43-40-,59-23-,60-24-,61-25-,62-26-/t52-,53-,54-,55-,56-,57+,63-,64-,65+,66+,67+,68+,69-,70-,74+,75+,76-,77-/m1/s1. The van der Waals surface area contributed by atoms with Crippen LogP contribution in [0.4, 0.5) is 0 Å². The first-order chi connectivity index (χ1) is 68.7. The van der Waals surface area contributed by atoms with Crippen LogP contribution < -0.4 is 0 Å². The predicted molar refractivity (Wildman–Crippen MR) is 576 cm³/mol. The Morgan fingerprint density at radius 1 is 0.493 bits per heavy atom. The van der Waals surface area contributed by atoms with Gasteiger partial charge in [0, 0.05) is 44.3 Å². The van der Waals surface area contributed by atoms with Crippen LogP contribution in [0.3, 0.4) is 0 Å². The summed E-state index contributed by atoms with van der Waals surface area (Å²) in [6.07, 6.45) is 6.67. The fourth-order valence-corrected chi connectivity index (χ4v) is 14.9. The van der Waals surface area contributed by atoms with E-state index < -0.39 is 283 Å². The number of likely N-dealkylation sites (N-methyl/N-ethyl adjacent to an activating group) is 1. The second kappa shape index (κ2) is 61.3. The van der Waals surface area contributed by atoms with Crippen molar-refractivity contribution in [2.24, 2.45) is 124 Å². The fourth-order valence-electron chi connectivity index (χ4n) is 14.3. The van der Waals surface area contributed by atoms with Gasteiger partial charge in [0.2, 0.25) is 112 Å². The molecule has 0 aromatic heterocycles. The van der Waals surface area contributed by atoms with E-state index in [-0.39, 0.29) is 85.2 Å². The summed E-state index contributed by atoms with van der Waals surface area (Å²) in [5.74, 6) is -19.3. The average molecular weight is 2070 g/mol. The number of thioether (sulfide) groups is 1. The molecule has 0 radical (unpaired) electrons. The number of aliphatic hydroxyl groups excluding tert-OH is 22. The lowest BCUT2D eigenvalue weighted by Crippen LogP contribution is -2.42. The van der Waals surface area contributed by atoms with Gasteiger partial charge in [0.25, 0.3) is 11.8 Å². The van der Waals surface area contributed by atoms with E-state index in [4.69, 9.17) is 10.8 Å². The molecule has 808 valence electrons. The smallest absolute Gasteiger partial charge is 0.272 e. The molecule has 0 aliphatic carbocycles. The molecule has 4 rings (SSSR count). The third kappa shape index (κ3) is 39.2. The van der Waals surface area contributed by atoms with Crippen LogP contribution in [0.15, 0.2) is 184 Å². The highest BCUT2D eigenvalue weighted by molar-refractivity contribution is 8.02. The number of hydrogen-bond donors (Lipinski definition) is 24. The van der Waals surface area contributed by atoms with Crippen molar-refractivity contribution in [1.82, 2.24) is 14.7 Å². The molecule has 18 atom stereocenters. The number of amides is 2. The van der Waals surface area contributed by atoms with Crippen LogP contribution >= 0.6 is 11.8 Å². The summed E-state index contributed by atoms with van der Waals surface area (Å²) in [5, 5.41) is 265. The number of aliphatic hydroxyl groups is 22. The number of rotatable bonds is 52. The van der Waals surface area contributed by atoms with Crippen LogP contribution in [0.2, 0.25) is 0 Å². The molecule has 49 heteroatoms. The van der Waals surface area contributed by atoms with Crippen LogP contribution in [0.5, 0.6) is 0 Å². The molecule has 2 saturated heterocycles. The highest BCUT2D eigenvalue weighted by Gasteiger charge is 2.40. The maximum atomic E-state index is 14.1. The van der Waals surface area contributed by atoms with E-state index >= 15 is 0 Å². The molecule has 48 nitrogen and oxygen atoms in total. The molecule has 3 aliphatic heterocycles. The molecule has 0 saturated carbocycles. The van der Waals surface area contributed by atoms with Crippen LogP contribution in [0.25, 0.3) is 0 Å². The third-order valence-corrected chi connectivity index (χ3v) is 24.4. The highest BCUT2D eigenvalue weighted by Crippen LogP contribution is 2.29. The topological polar surface area (TPSA) is 771 Å². The Kier molecular flexibility index (Phi) is 52.2. The maximum absolute atomic E-state index is 14.1. The zero-order valence-corrected chi connectivity index (χ0v) is 87.2. The summed E-state index contributed by atoms with van der Waals surface area (Å²) in [6.45, 7) is 27.2. The van der Waals surface area contributed by atoms with Gasteiger partial charge in [0.15, 0.2) is 17.8 Å². The molecule has 3 heterocycles. The van der Waals surface area contributed by atoms with Gasteiger partial charge in [0.1, 0.15) is 114 Å². The Morgan fingerprint density at radius 3 is 1.49 bits per heavy atom. The number of carbonyl (C=O) groups is 2. The Labute approximate surface area is 854 Å². The zero-order valence-electron chi connectivity index (χ0n) is 86.4. The lowest BCUT2D eigenvalue weighted by molar-refractivity contribution is -0.127. The normalized spacial score (nSPS) is 22.2. The predicted octanol–water partition coefficient (Wildman–Crippen LogP) is 14.1. The summed E-state index contributed by atoms with van der Waals surface area (Å²) in [5.41, 5.74) is -0.574. The van der Waals surface area contributed by atoms with Gasteiger partial charge >= 0.3 is 0 Å². The van der Waals surface area contributed by atoms with Gasteiger partial charge in [-0.2, -0.15) is 0 Å². The quantitative estimate of drug-likeness (QED) is 0.0164. The zero-order chi connectivity index (χ0) is 110. The Bertz CT molecular complexity index is 5360. The van der Waals surface area contributed by atoms with E-state index in [0.29, 0.717) is 31.2 Å². The first kappa shape index (κ1) is 124. The number of nitrogens with one attached hydrogen (secondary N) is 2. The van der Waals surface area contributed by atoms with Gasteiger partial charge in [-0.15, -0.1) is 11.8 Å². The molecule has 1 aromatic carbocycles. The van der Waals surface area contributed by atoms with Crippen molar-refractivity contribution in [1.29, 1.82) is 10.8 Å². The first-order valence-electron chi connectivity index (χ1n) is 48.2. The van der Waals surface area contributed by atoms with Crippen molar-refractivity contribution in [3.8, 4) is 0 Å². The monoisotopic (exact) mass is 2070 g/mol. The van der Waals surface area contributed by atoms with Crippen molar-refractivity contribution < 1.29 is 122 Å². The van der Waals surface area contributed by atoms with E-state index in [1.54, 1.807) is 119 Å². The molecule has 0 spiro atoms. The number of benzene rings is 1. The summed E-state index contributed by atoms with van der Waals surface area (Å²) >= 11 is 1.09. The number of allylic oxidation sites excluding steroid dienone is 4. The average Bonchev–Trinajstić information content (AvgIpc) is 1.47. The molecular weight excluding hydrogens is 1920 g/mol. The second-order valence-corrected chi connectivity index (χ2v) is 37.2. The molecule has 24 N–H and O–H groups in total. The van der Waals surface area contributed by atoms with Crippen LogP contribution in [0, 0.1) is 40.4 Å². The molecule has 2 fully saturated rings. The van der Waals surface area contributed by atoms with E-state index in [1.807, 2.05) is 13.8 Å². The van der Waals surface area contributed by atoms with Crippen LogP contribution in [-0.4, -0.2) is 405 Å². The molecule has 0 bridgehead atoms. The molecule has 2 amide bonds. The largest absolute Gasteiger partial charge is 0.497 e. The molecule has 146 heavy (non-hydrogen) atoms. The van der Waals surface area contributed by atoms with E-state index in [2.05, 4.69) is 94.9 Å². The van der Waals surface area contributed by atoms with Gasteiger partial charge < -0.3 is 122 Å². The minimum atomic E-state index is -1.78. The number of nitrogens with zero attached hydrogens (tertiary/aromatic N) is 22. The van der Waals surface area contributed by atoms with Gasteiger partial charge in [-0.3, -0.25) is 25.3 Å². The number of likely N-dealkylation sites (tertiary alicyclic amines) is 2. The Morgan fingerprint density at radius 2 is 0.966 bits per heavy atom. The fraction of sp³-hybridized carbons (Fsp3) is 0.598. The van der Waals surface area contributed by atoms with Crippen molar-refractivity contribution in [3.63, 3.8) is 0 Å². The Hall–Kier alpha value is -14.0. The van der Waals surface area contributed by atoms with Gasteiger partial charge in [0.05, 0.1) is 12.6 Å². The van der Waals surface area contributed by atoms with Crippen molar-refractivity contribution in [3.05, 3.63) is 94.6 Å². The minimum absolute atomic E-state index is 0.0585. The van der Waals surface area contributed by atoms with Crippen molar-refractivity contribution in [2.75, 3.05) is 46.1 Å². The lowest BCUT2D eigenvalue weighted by atomic mass is 9.98. The minimum Gasteiger partial charge on any atom is -0.497 e. The summed E-state index contributed by atoms with van der Waals surface area (Å²) in [4.78, 5) is 112. The van der Waals surface area contributed by atoms with Gasteiger partial charge in [-0.05, 0) is 155 Å². The van der Waals surface area contributed by atoms with Crippen LogP contribution in [-0.2, 0) is 16.0 Å². The second-order valence-electron chi connectivity index (χ2n) is 36.3. The SMILES string of the molecule is C/C=C(\N=C(O)[C@@H](C)N=C(O)[C@H]1CCCN1C(=O)/C(=C/C)N=C(O)[C@H](C)N(C)C)C(=O)N1CCC[C@@H]1C(O)=N/C(=C\C)C(O)=N[C@H](C)C(O)=N[C@H](C)C(O)=N[C@H](CCC(=N)O)C(O)=N[C@@H](Cc1ccccc1)C(O)=N[C@H](C(O)=N[C@@H](C(O)=N[C@H](CCC(=N)O)C(O)=NCC(O)=N[C@@H](CO)C(O)=N/C(=C\C)C(O)=N[C@@H](C(O)=N[C@H]1CS/C=C\N=C(O)[C@H](C(C)C)N=C(O)[C@H](CC(C)C)N=C1O)[C@H](C)CC)[C@H](C)CC)C(C)C. The van der Waals surface area contributed by atoms with Gasteiger partial charge in [-0.1, -0.05) is 137 Å². The summed E-state index contributed by atoms with van der Waals surface area (Å²) < 4.78 is 0. The molecule has 3 aliphatic rings. The lowest BCUT2D eigenvalue weighted by Gasteiger charge is -2.25. The van der Waals surface area contributed by atoms with E-state index in [9.17, 15) is 122 Å². The number of carbonyl (C=O) groups excluding carboxylic acids is 2. The number of hydrogen-bond acceptors (Lipinski definition) is 26. The van der Waals surface area contributed by atoms with Gasteiger partial charge in [-0.25, -0.2) is 94.9 Å². The van der Waals surface area contributed by atoms with Crippen molar-refractivity contribution >= 4 is 147 Å². The maximum Gasteiger partial charge on any atom is 0.272 e. The number of aliphatic imine (C=N–C) groups is 19. The van der Waals surface area contributed by atoms with Crippen molar-refractivity contribution in [2.45, 2.75) is 298 Å². The molecular formula is C97H150N24O24S. The summed E-state index contributed by atoms with van der Waals surface area (Å²) in [6, 6.07) is -12.5. The summed E-state index contributed by atoms with van der Waals surface area (Å²) in [7, 11) is 3.47. The third-order valence-electron chi connectivity index (χ3n) is 23.5. The Balaban J connectivity index is 1.65. The van der Waals surface area contributed by atoms with Crippen LogP contribution in [0.1, 0.15) is 201 Å². The van der Waals surface area contributed by atoms with E-state index in [0.717, 1.165) is 11.8 Å². The first-order valence-corrected chi connectivity index (χ1v) is 49.2.